The van der Waals surface area contributed by atoms with E-state index in [-0.39, 0.29) is 5.92 Å². The fourth-order valence-electron chi connectivity index (χ4n) is 3.39. The SMILES string of the molecule is CC1CC(C)CN(CC(CN)c2ccc(F)cc2F)C1. The van der Waals surface area contributed by atoms with E-state index in [0.717, 1.165) is 25.7 Å². The van der Waals surface area contributed by atoms with Gasteiger partial charge in [-0.3, -0.25) is 0 Å². The Morgan fingerprint density at radius 1 is 1.25 bits per heavy atom. The maximum atomic E-state index is 13.9. The number of hydrogen-bond acceptors (Lipinski definition) is 2. The predicted molar refractivity (Wildman–Crippen MR) is 77.5 cm³/mol. The van der Waals surface area contributed by atoms with Crippen molar-refractivity contribution < 1.29 is 8.78 Å². The number of benzene rings is 1. The second kappa shape index (κ2) is 6.64. The van der Waals surface area contributed by atoms with Crippen LogP contribution in [-0.2, 0) is 0 Å². The van der Waals surface area contributed by atoms with E-state index in [2.05, 4.69) is 18.7 Å². The summed E-state index contributed by atoms with van der Waals surface area (Å²) in [6, 6.07) is 3.78. The van der Waals surface area contributed by atoms with Crippen LogP contribution < -0.4 is 5.73 Å². The predicted octanol–water partition coefficient (Wildman–Crippen LogP) is 2.99. The van der Waals surface area contributed by atoms with Crippen LogP contribution in [0.1, 0.15) is 31.7 Å². The number of nitrogens with two attached hydrogens (primary N) is 1. The summed E-state index contributed by atoms with van der Waals surface area (Å²) >= 11 is 0. The fraction of sp³-hybridized carbons (Fsp3) is 0.625. The Balaban J connectivity index is 2.08. The molecule has 20 heavy (non-hydrogen) atoms. The van der Waals surface area contributed by atoms with Gasteiger partial charge < -0.3 is 10.6 Å². The smallest absolute Gasteiger partial charge is 0.129 e. The van der Waals surface area contributed by atoms with Gasteiger partial charge in [0.1, 0.15) is 11.6 Å². The minimum Gasteiger partial charge on any atom is -0.330 e. The van der Waals surface area contributed by atoms with Crippen LogP contribution in [-0.4, -0.2) is 31.1 Å². The normalized spacial score (nSPS) is 25.6. The first-order valence-corrected chi connectivity index (χ1v) is 7.37. The molecule has 1 aliphatic rings. The Morgan fingerprint density at radius 2 is 1.90 bits per heavy atom. The van der Waals surface area contributed by atoms with E-state index in [1.165, 1.54) is 18.6 Å². The first kappa shape index (κ1) is 15.4. The van der Waals surface area contributed by atoms with Crippen LogP contribution in [0.2, 0.25) is 0 Å². The Labute approximate surface area is 120 Å². The van der Waals surface area contributed by atoms with Gasteiger partial charge in [0, 0.05) is 38.2 Å². The van der Waals surface area contributed by atoms with Crippen molar-refractivity contribution in [3.8, 4) is 0 Å². The molecule has 1 aromatic carbocycles. The summed E-state index contributed by atoms with van der Waals surface area (Å²) in [5.41, 5.74) is 6.34. The average Bonchev–Trinajstić information content (AvgIpc) is 2.35. The highest BCUT2D eigenvalue weighted by atomic mass is 19.1. The number of likely N-dealkylation sites (tertiary alicyclic amines) is 1. The standard InChI is InChI=1S/C16H24F2N2/c1-11-5-12(2)9-20(8-11)10-13(7-19)15-4-3-14(17)6-16(15)18/h3-4,6,11-13H,5,7-10,19H2,1-2H3. The summed E-state index contributed by atoms with van der Waals surface area (Å²) in [5, 5.41) is 0. The summed E-state index contributed by atoms with van der Waals surface area (Å²) in [6.45, 7) is 7.68. The Bertz CT molecular complexity index is 440. The topological polar surface area (TPSA) is 29.3 Å². The van der Waals surface area contributed by atoms with E-state index in [9.17, 15) is 8.78 Å². The molecule has 2 nitrogen and oxygen atoms in total. The molecular weight excluding hydrogens is 258 g/mol. The van der Waals surface area contributed by atoms with Crippen molar-refractivity contribution in [1.82, 2.24) is 4.90 Å². The van der Waals surface area contributed by atoms with Crippen LogP contribution in [0, 0.1) is 23.5 Å². The second-order valence-electron chi connectivity index (χ2n) is 6.26. The highest BCUT2D eigenvalue weighted by Crippen LogP contribution is 2.25. The lowest BCUT2D eigenvalue weighted by molar-refractivity contribution is 0.133. The highest BCUT2D eigenvalue weighted by Gasteiger charge is 2.25. The monoisotopic (exact) mass is 282 g/mol. The van der Waals surface area contributed by atoms with Crippen LogP contribution in [0.4, 0.5) is 8.78 Å². The molecule has 1 heterocycles. The molecule has 2 N–H and O–H groups in total. The van der Waals surface area contributed by atoms with E-state index >= 15 is 0 Å². The van der Waals surface area contributed by atoms with Gasteiger partial charge in [0.15, 0.2) is 0 Å². The summed E-state index contributed by atoms with van der Waals surface area (Å²) in [7, 11) is 0. The minimum absolute atomic E-state index is 0.0758. The van der Waals surface area contributed by atoms with Crippen molar-refractivity contribution in [3.63, 3.8) is 0 Å². The molecule has 3 unspecified atom stereocenters. The first-order chi connectivity index (χ1) is 9.49. The lowest BCUT2D eigenvalue weighted by Gasteiger charge is -2.37. The van der Waals surface area contributed by atoms with Crippen LogP contribution in [0.5, 0.6) is 0 Å². The molecule has 0 aromatic heterocycles. The zero-order chi connectivity index (χ0) is 14.7. The van der Waals surface area contributed by atoms with Gasteiger partial charge >= 0.3 is 0 Å². The summed E-state index contributed by atoms with van der Waals surface area (Å²) in [4.78, 5) is 2.36. The average molecular weight is 282 g/mol. The van der Waals surface area contributed by atoms with Crippen molar-refractivity contribution >= 4 is 0 Å². The first-order valence-electron chi connectivity index (χ1n) is 7.37. The molecule has 3 atom stereocenters. The second-order valence-corrected chi connectivity index (χ2v) is 6.26. The molecule has 1 aliphatic heterocycles. The Morgan fingerprint density at radius 3 is 2.45 bits per heavy atom. The van der Waals surface area contributed by atoms with Crippen LogP contribution in [0.3, 0.4) is 0 Å². The van der Waals surface area contributed by atoms with Crippen molar-refractivity contribution in [3.05, 3.63) is 35.4 Å². The van der Waals surface area contributed by atoms with Gasteiger partial charge in [0.25, 0.3) is 0 Å². The number of hydrogen-bond donors (Lipinski definition) is 1. The van der Waals surface area contributed by atoms with E-state index in [4.69, 9.17) is 5.73 Å². The molecule has 2 rings (SSSR count). The summed E-state index contributed by atoms with van der Waals surface area (Å²) < 4.78 is 26.9. The zero-order valence-electron chi connectivity index (χ0n) is 12.3. The quantitative estimate of drug-likeness (QED) is 0.920. The van der Waals surface area contributed by atoms with Gasteiger partial charge in [-0.2, -0.15) is 0 Å². The lowest BCUT2D eigenvalue weighted by atomic mass is 9.90. The molecule has 4 heteroatoms. The van der Waals surface area contributed by atoms with Gasteiger partial charge in [0.05, 0.1) is 0 Å². The lowest BCUT2D eigenvalue weighted by Crippen LogP contribution is -2.42. The minimum atomic E-state index is -0.540. The number of piperidine rings is 1. The highest BCUT2D eigenvalue weighted by molar-refractivity contribution is 5.23. The van der Waals surface area contributed by atoms with Crippen molar-refractivity contribution in [2.75, 3.05) is 26.2 Å². The largest absolute Gasteiger partial charge is 0.330 e. The van der Waals surface area contributed by atoms with Crippen LogP contribution in [0.15, 0.2) is 18.2 Å². The molecule has 0 saturated carbocycles. The molecule has 0 bridgehead atoms. The maximum absolute atomic E-state index is 13.9. The van der Waals surface area contributed by atoms with Gasteiger partial charge in [-0.05, 0) is 29.9 Å². The van der Waals surface area contributed by atoms with Crippen molar-refractivity contribution in [1.29, 1.82) is 0 Å². The number of rotatable bonds is 4. The number of nitrogens with zero attached hydrogens (tertiary/aromatic N) is 1. The fourth-order valence-corrected chi connectivity index (χ4v) is 3.39. The number of halogens is 2. The molecular formula is C16H24F2N2. The van der Waals surface area contributed by atoms with Gasteiger partial charge in [-0.15, -0.1) is 0 Å². The molecule has 1 saturated heterocycles. The molecule has 0 radical (unpaired) electrons. The summed E-state index contributed by atoms with van der Waals surface area (Å²) in [6.07, 6.45) is 1.24. The van der Waals surface area contributed by atoms with Crippen molar-refractivity contribution in [2.45, 2.75) is 26.2 Å². The molecule has 1 aromatic rings. The molecule has 0 amide bonds. The zero-order valence-corrected chi connectivity index (χ0v) is 12.3. The third-order valence-electron chi connectivity index (χ3n) is 4.11. The van der Waals surface area contributed by atoms with Gasteiger partial charge in [-0.25, -0.2) is 8.78 Å². The third-order valence-corrected chi connectivity index (χ3v) is 4.11. The summed E-state index contributed by atoms with van der Waals surface area (Å²) in [5.74, 6) is 0.222. The van der Waals surface area contributed by atoms with Crippen LogP contribution in [0.25, 0.3) is 0 Å². The van der Waals surface area contributed by atoms with Crippen molar-refractivity contribution in [2.24, 2.45) is 17.6 Å². The third kappa shape index (κ3) is 3.76. The molecule has 1 fully saturated rings. The molecule has 0 spiro atoms. The molecule has 0 aliphatic carbocycles. The van der Waals surface area contributed by atoms with E-state index in [1.807, 2.05) is 0 Å². The van der Waals surface area contributed by atoms with E-state index < -0.39 is 11.6 Å². The molecule has 112 valence electrons. The Kier molecular flexibility index (Phi) is 5.11. The van der Waals surface area contributed by atoms with Gasteiger partial charge in [0.2, 0.25) is 0 Å². The van der Waals surface area contributed by atoms with Gasteiger partial charge in [-0.1, -0.05) is 19.9 Å². The van der Waals surface area contributed by atoms with E-state index in [1.54, 1.807) is 0 Å². The Hall–Kier alpha value is -1.00. The maximum Gasteiger partial charge on any atom is 0.129 e. The van der Waals surface area contributed by atoms with E-state index in [0.29, 0.717) is 23.9 Å². The van der Waals surface area contributed by atoms with Crippen LogP contribution >= 0.6 is 0 Å².